The first-order valence-corrected chi connectivity index (χ1v) is 11.4. The lowest BCUT2D eigenvalue weighted by atomic mass is 10.1. The third-order valence-corrected chi connectivity index (χ3v) is 5.28. The molecule has 0 aliphatic carbocycles. The van der Waals surface area contributed by atoms with Crippen LogP contribution >= 0.6 is 23.2 Å². The van der Waals surface area contributed by atoms with E-state index in [1.807, 2.05) is 6.92 Å². The van der Waals surface area contributed by atoms with Crippen molar-refractivity contribution in [1.29, 1.82) is 0 Å². The number of benzene rings is 3. The smallest absolute Gasteiger partial charge is 0.363 e. The van der Waals surface area contributed by atoms with Gasteiger partial charge >= 0.3 is 11.9 Å². The van der Waals surface area contributed by atoms with Crippen LogP contribution in [-0.2, 0) is 14.3 Å². The summed E-state index contributed by atoms with van der Waals surface area (Å²) in [6.07, 6.45) is 4.51. The molecule has 1 heterocycles. The number of rotatable bonds is 7. The minimum atomic E-state index is -0.573. The highest BCUT2D eigenvalue weighted by molar-refractivity contribution is 6.31. The molecule has 0 bridgehead atoms. The van der Waals surface area contributed by atoms with Crippen molar-refractivity contribution in [1.82, 2.24) is 0 Å². The van der Waals surface area contributed by atoms with E-state index < -0.39 is 11.9 Å². The van der Waals surface area contributed by atoms with Crippen molar-refractivity contribution in [3.8, 4) is 11.5 Å². The Morgan fingerprint density at radius 3 is 2.29 bits per heavy atom. The fourth-order valence-corrected chi connectivity index (χ4v) is 3.38. The van der Waals surface area contributed by atoms with Gasteiger partial charge in [0.25, 0.3) is 0 Å². The normalized spacial score (nSPS) is 14.2. The predicted octanol–water partition coefficient (Wildman–Crippen LogP) is 6.36. The Balaban J connectivity index is 1.52. The van der Waals surface area contributed by atoms with Gasteiger partial charge in [-0.05, 0) is 78.7 Å². The summed E-state index contributed by atoms with van der Waals surface area (Å²) in [7, 11) is 0. The van der Waals surface area contributed by atoms with Gasteiger partial charge in [0.05, 0.1) is 6.61 Å². The second-order valence-electron chi connectivity index (χ2n) is 7.29. The fourth-order valence-electron chi connectivity index (χ4n) is 3.13. The van der Waals surface area contributed by atoms with E-state index in [2.05, 4.69) is 4.99 Å². The molecule has 0 saturated heterocycles. The van der Waals surface area contributed by atoms with E-state index in [-0.39, 0.29) is 17.3 Å². The number of aliphatic imine (C=N–C) groups is 1. The molecule has 0 amide bonds. The number of nitrogens with zero attached hydrogens (tertiary/aromatic N) is 1. The summed E-state index contributed by atoms with van der Waals surface area (Å²) in [6.45, 7) is 2.17. The third kappa shape index (κ3) is 6.38. The highest BCUT2D eigenvalue weighted by atomic mass is 35.5. The first kappa shape index (κ1) is 24.3. The van der Waals surface area contributed by atoms with Gasteiger partial charge in [0, 0.05) is 21.7 Å². The number of carbonyl (C=O) groups is 2. The second kappa shape index (κ2) is 11.0. The molecule has 0 saturated carbocycles. The lowest BCUT2D eigenvalue weighted by Crippen LogP contribution is -2.06. The van der Waals surface area contributed by atoms with E-state index in [0.29, 0.717) is 33.5 Å². The van der Waals surface area contributed by atoms with Crippen molar-refractivity contribution < 1.29 is 23.8 Å². The van der Waals surface area contributed by atoms with Crippen LogP contribution in [0, 0.1) is 0 Å². The first-order chi connectivity index (χ1) is 16.9. The molecule has 3 aromatic rings. The Labute approximate surface area is 212 Å². The molecule has 3 aromatic carbocycles. The molecule has 0 N–H and O–H groups in total. The number of hydrogen-bond donors (Lipinski definition) is 0. The molecule has 4 rings (SSSR count). The van der Waals surface area contributed by atoms with Crippen molar-refractivity contribution in [3.05, 3.63) is 105 Å². The number of carbonyl (C=O) groups excluding carboxylic acids is 2. The Morgan fingerprint density at radius 2 is 1.60 bits per heavy atom. The second-order valence-corrected chi connectivity index (χ2v) is 8.16. The van der Waals surface area contributed by atoms with E-state index >= 15 is 0 Å². The van der Waals surface area contributed by atoms with Crippen LogP contribution in [0.2, 0.25) is 10.0 Å². The van der Waals surface area contributed by atoms with Crippen LogP contribution in [0.1, 0.15) is 23.6 Å². The molecule has 0 spiro atoms. The van der Waals surface area contributed by atoms with Crippen LogP contribution in [0.4, 0.5) is 0 Å². The first-order valence-electron chi connectivity index (χ1n) is 10.6. The molecule has 0 radical (unpaired) electrons. The molecule has 35 heavy (non-hydrogen) atoms. The standard InChI is InChI=1S/C27H19Cl2NO5/c1-2-33-24-16-18(15-22-27(32)35-26(30-22)19-7-11-21(29)12-8-19)5-13-23(24)34-25(31)14-6-17-3-9-20(28)10-4-17/h3-16H,2H2,1H3/b14-6+,22-15-. The molecular weight excluding hydrogens is 489 g/mol. The van der Waals surface area contributed by atoms with Gasteiger partial charge in [-0.3, -0.25) is 0 Å². The van der Waals surface area contributed by atoms with Crippen molar-refractivity contribution in [2.45, 2.75) is 6.92 Å². The van der Waals surface area contributed by atoms with Crippen LogP contribution < -0.4 is 9.47 Å². The number of halogens is 2. The molecule has 1 aliphatic heterocycles. The maximum absolute atomic E-state index is 12.3. The number of cyclic esters (lactones) is 1. The molecule has 0 atom stereocenters. The van der Waals surface area contributed by atoms with Gasteiger partial charge in [-0.2, -0.15) is 0 Å². The van der Waals surface area contributed by atoms with E-state index in [4.69, 9.17) is 37.4 Å². The molecule has 0 aromatic heterocycles. The van der Waals surface area contributed by atoms with Gasteiger partial charge in [0.2, 0.25) is 5.90 Å². The number of hydrogen-bond acceptors (Lipinski definition) is 6. The topological polar surface area (TPSA) is 74.2 Å². The van der Waals surface area contributed by atoms with Crippen LogP contribution in [0.5, 0.6) is 11.5 Å². The number of ether oxygens (including phenoxy) is 3. The molecular formula is C27H19Cl2NO5. The van der Waals surface area contributed by atoms with Crippen molar-refractivity contribution in [2.24, 2.45) is 4.99 Å². The van der Waals surface area contributed by atoms with Crippen molar-refractivity contribution in [2.75, 3.05) is 6.61 Å². The zero-order valence-electron chi connectivity index (χ0n) is 18.5. The Morgan fingerprint density at radius 1 is 0.943 bits per heavy atom. The van der Waals surface area contributed by atoms with Gasteiger partial charge in [-0.25, -0.2) is 14.6 Å². The SMILES string of the molecule is CCOc1cc(/C=C2\N=C(c3ccc(Cl)cc3)OC2=O)ccc1OC(=O)/C=C/c1ccc(Cl)cc1. The summed E-state index contributed by atoms with van der Waals surface area (Å²) >= 11 is 11.8. The molecule has 6 nitrogen and oxygen atoms in total. The molecule has 176 valence electrons. The van der Waals surface area contributed by atoms with Crippen LogP contribution in [0.25, 0.3) is 12.2 Å². The zero-order valence-corrected chi connectivity index (χ0v) is 20.0. The summed E-state index contributed by atoms with van der Waals surface area (Å²) < 4.78 is 16.4. The van der Waals surface area contributed by atoms with Crippen LogP contribution in [-0.4, -0.2) is 24.4 Å². The number of esters is 2. The largest absolute Gasteiger partial charge is 0.490 e. The molecule has 0 fully saturated rings. The molecule has 1 aliphatic rings. The quantitative estimate of drug-likeness (QED) is 0.211. The third-order valence-electron chi connectivity index (χ3n) is 4.78. The Hall–Kier alpha value is -3.87. The molecule has 8 heteroatoms. The minimum Gasteiger partial charge on any atom is -0.490 e. The summed E-state index contributed by atoms with van der Waals surface area (Å²) in [6, 6.07) is 18.8. The van der Waals surface area contributed by atoms with E-state index in [9.17, 15) is 9.59 Å². The van der Waals surface area contributed by atoms with E-state index in [0.717, 1.165) is 5.56 Å². The van der Waals surface area contributed by atoms with Crippen LogP contribution in [0.15, 0.2) is 83.5 Å². The van der Waals surface area contributed by atoms with Gasteiger partial charge in [0.15, 0.2) is 17.2 Å². The average Bonchev–Trinajstić information content (AvgIpc) is 3.21. The van der Waals surface area contributed by atoms with E-state index in [1.165, 1.54) is 6.08 Å². The van der Waals surface area contributed by atoms with Crippen molar-refractivity contribution >= 4 is 53.2 Å². The maximum Gasteiger partial charge on any atom is 0.363 e. The summed E-state index contributed by atoms with van der Waals surface area (Å²) in [4.78, 5) is 28.9. The van der Waals surface area contributed by atoms with Gasteiger partial charge in [-0.15, -0.1) is 0 Å². The fraction of sp³-hybridized carbons (Fsp3) is 0.0741. The van der Waals surface area contributed by atoms with E-state index in [1.54, 1.807) is 78.9 Å². The Bertz CT molecular complexity index is 1340. The predicted molar refractivity (Wildman–Crippen MR) is 136 cm³/mol. The monoisotopic (exact) mass is 507 g/mol. The Kier molecular flexibility index (Phi) is 7.65. The average molecular weight is 508 g/mol. The summed E-state index contributed by atoms with van der Waals surface area (Å²) in [5.74, 6) is -0.345. The zero-order chi connectivity index (χ0) is 24.8. The highest BCUT2D eigenvalue weighted by Gasteiger charge is 2.24. The van der Waals surface area contributed by atoms with Crippen LogP contribution in [0.3, 0.4) is 0 Å². The van der Waals surface area contributed by atoms with Gasteiger partial charge < -0.3 is 14.2 Å². The summed E-state index contributed by atoms with van der Waals surface area (Å²) in [5.41, 5.74) is 2.20. The van der Waals surface area contributed by atoms with Gasteiger partial charge in [0.1, 0.15) is 0 Å². The lowest BCUT2D eigenvalue weighted by molar-refractivity contribution is -0.130. The molecule has 0 unspecified atom stereocenters. The van der Waals surface area contributed by atoms with Crippen molar-refractivity contribution in [3.63, 3.8) is 0 Å². The lowest BCUT2D eigenvalue weighted by Gasteiger charge is -2.10. The van der Waals surface area contributed by atoms with Gasteiger partial charge in [-0.1, -0.05) is 41.4 Å². The maximum atomic E-state index is 12.3. The minimum absolute atomic E-state index is 0.132. The highest BCUT2D eigenvalue weighted by Crippen LogP contribution is 2.30. The summed E-state index contributed by atoms with van der Waals surface area (Å²) in [5, 5.41) is 1.18.